The van der Waals surface area contributed by atoms with Gasteiger partial charge in [-0.3, -0.25) is 9.59 Å². The Hall–Kier alpha value is -1.26. The molecule has 1 N–H and O–H groups in total. The molecule has 1 atom stereocenters. The molecule has 1 aliphatic heterocycles. The molecule has 20 heavy (non-hydrogen) atoms. The van der Waals surface area contributed by atoms with Gasteiger partial charge in [0.1, 0.15) is 11.6 Å². The maximum atomic E-state index is 12.3. The first-order chi connectivity index (χ1) is 9.25. The maximum absolute atomic E-state index is 12.3. The summed E-state index contributed by atoms with van der Waals surface area (Å²) < 4.78 is 0. The van der Waals surface area contributed by atoms with Crippen molar-refractivity contribution >= 4 is 35.0 Å². The summed E-state index contributed by atoms with van der Waals surface area (Å²) in [5, 5.41) is 3.52. The van der Waals surface area contributed by atoms with E-state index in [4.69, 9.17) is 23.2 Å². The van der Waals surface area contributed by atoms with Gasteiger partial charge in [-0.05, 0) is 32.4 Å². The Labute approximate surface area is 128 Å². The predicted molar refractivity (Wildman–Crippen MR) is 78.7 cm³/mol. The number of hydrogen-bond donors (Lipinski definition) is 1. The number of hydrogen-bond acceptors (Lipinski definition) is 2. The van der Waals surface area contributed by atoms with Crippen molar-refractivity contribution < 1.29 is 9.59 Å². The van der Waals surface area contributed by atoms with Crippen LogP contribution in [0.1, 0.15) is 26.3 Å². The van der Waals surface area contributed by atoms with Crippen molar-refractivity contribution in [3.63, 3.8) is 0 Å². The molecule has 1 heterocycles. The molecule has 2 rings (SSSR count). The highest BCUT2D eigenvalue weighted by atomic mass is 35.5. The van der Waals surface area contributed by atoms with Gasteiger partial charge in [-0.2, -0.15) is 0 Å². The van der Waals surface area contributed by atoms with Crippen molar-refractivity contribution in [3.05, 3.63) is 33.8 Å². The fourth-order valence-corrected chi connectivity index (χ4v) is 2.56. The summed E-state index contributed by atoms with van der Waals surface area (Å²) in [6.45, 7) is 5.35. The van der Waals surface area contributed by atoms with Crippen LogP contribution in [0.4, 0.5) is 0 Å². The van der Waals surface area contributed by atoms with E-state index in [0.717, 1.165) is 5.56 Å². The summed E-state index contributed by atoms with van der Waals surface area (Å²) in [7, 11) is 0. The molecule has 1 aromatic carbocycles. The van der Waals surface area contributed by atoms with Gasteiger partial charge in [0.25, 0.3) is 0 Å². The zero-order chi connectivity index (χ0) is 15.1. The van der Waals surface area contributed by atoms with Gasteiger partial charge < -0.3 is 10.2 Å². The topological polar surface area (TPSA) is 49.4 Å². The Morgan fingerprint density at radius 3 is 2.60 bits per heavy atom. The number of nitrogens with one attached hydrogen (secondary N) is 1. The first-order valence-electron chi connectivity index (χ1n) is 6.30. The molecule has 1 unspecified atom stereocenters. The van der Waals surface area contributed by atoms with E-state index < -0.39 is 11.6 Å². The van der Waals surface area contributed by atoms with E-state index in [9.17, 15) is 9.59 Å². The lowest BCUT2D eigenvalue weighted by Crippen LogP contribution is -2.67. The highest BCUT2D eigenvalue weighted by Crippen LogP contribution is 2.30. The van der Waals surface area contributed by atoms with Crippen molar-refractivity contribution in [1.29, 1.82) is 0 Å². The van der Waals surface area contributed by atoms with Crippen LogP contribution in [-0.4, -0.2) is 28.3 Å². The summed E-state index contributed by atoms with van der Waals surface area (Å²) in [4.78, 5) is 25.9. The highest BCUT2D eigenvalue weighted by Gasteiger charge is 2.44. The summed E-state index contributed by atoms with van der Waals surface area (Å²) in [5.74, 6) is -0.312. The lowest BCUT2D eigenvalue weighted by molar-refractivity contribution is -0.155. The highest BCUT2D eigenvalue weighted by molar-refractivity contribution is 6.42. The van der Waals surface area contributed by atoms with Crippen molar-refractivity contribution in [2.45, 2.75) is 38.9 Å². The zero-order valence-corrected chi connectivity index (χ0v) is 13.0. The SMILES string of the molecule is CC1NC(=O)C(C)(C)N(Cc2cccc(Cl)c2Cl)C1=O. The molecule has 1 aromatic rings. The second-order valence-electron chi connectivity index (χ2n) is 5.39. The Kier molecular flexibility index (Phi) is 3.98. The lowest BCUT2D eigenvalue weighted by atomic mass is 9.95. The lowest BCUT2D eigenvalue weighted by Gasteiger charge is -2.43. The molecular weight excluding hydrogens is 299 g/mol. The van der Waals surface area contributed by atoms with E-state index in [1.54, 1.807) is 39.0 Å². The average molecular weight is 315 g/mol. The third-order valence-electron chi connectivity index (χ3n) is 3.57. The Balaban J connectivity index is 2.36. The number of benzene rings is 1. The van der Waals surface area contributed by atoms with Gasteiger partial charge in [-0.25, -0.2) is 0 Å². The molecule has 0 bridgehead atoms. The molecule has 108 valence electrons. The number of nitrogens with zero attached hydrogens (tertiary/aromatic N) is 1. The fourth-order valence-electron chi connectivity index (χ4n) is 2.18. The molecule has 0 saturated carbocycles. The number of carbonyl (C=O) groups excluding carboxylic acids is 2. The first kappa shape index (κ1) is 15.1. The molecule has 0 aliphatic carbocycles. The standard InChI is InChI=1S/C14H16Cl2N2O2/c1-8-12(19)18(14(2,3)13(20)17-8)7-9-5-4-6-10(15)11(9)16/h4-6,8H,7H2,1-3H3,(H,17,20). The van der Waals surface area contributed by atoms with Gasteiger partial charge in [0, 0.05) is 6.54 Å². The molecular formula is C14H16Cl2N2O2. The van der Waals surface area contributed by atoms with Crippen LogP contribution in [0.15, 0.2) is 18.2 Å². The molecule has 0 aromatic heterocycles. The molecule has 0 spiro atoms. The molecule has 1 aliphatic rings. The fraction of sp³-hybridized carbons (Fsp3) is 0.429. The second kappa shape index (κ2) is 5.26. The Morgan fingerprint density at radius 1 is 1.30 bits per heavy atom. The average Bonchev–Trinajstić information content (AvgIpc) is 2.37. The van der Waals surface area contributed by atoms with Crippen LogP contribution < -0.4 is 5.32 Å². The summed E-state index contributed by atoms with van der Waals surface area (Å²) in [6, 6.07) is 4.73. The van der Waals surface area contributed by atoms with Crippen LogP contribution in [0.5, 0.6) is 0 Å². The van der Waals surface area contributed by atoms with Crippen LogP contribution >= 0.6 is 23.2 Å². The van der Waals surface area contributed by atoms with E-state index in [0.29, 0.717) is 10.0 Å². The number of piperazine rings is 1. The molecule has 0 radical (unpaired) electrons. The van der Waals surface area contributed by atoms with Crippen molar-refractivity contribution in [2.75, 3.05) is 0 Å². The summed E-state index contributed by atoms with van der Waals surface area (Å²) >= 11 is 12.1. The van der Waals surface area contributed by atoms with Crippen LogP contribution in [0.3, 0.4) is 0 Å². The number of amides is 2. The van der Waals surface area contributed by atoms with Crippen LogP contribution in [0.2, 0.25) is 10.0 Å². The normalized spacial score (nSPS) is 21.9. The molecule has 6 heteroatoms. The van der Waals surface area contributed by atoms with Crippen LogP contribution in [-0.2, 0) is 16.1 Å². The maximum Gasteiger partial charge on any atom is 0.246 e. The quantitative estimate of drug-likeness (QED) is 0.912. The number of halogens is 2. The third kappa shape index (κ3) is 2.50. The zero-order valence-electron chi connectivity index (χ0n) is 11.5. The van der Waals surface area contributed by atoms with E-state index >= 15 is 0 Å². The van der Waals surface area contributed by atoms with E-state index in [2.05, 4.69) is 5.32 Å². The van der Waals surface area contributed by atoms with Crippen molar-refractivity contribution in [3.8, 4) is 0 Å². The van der Waals surface area contributed by atoms with E-state index in [1.807, 2.05) is 0 Å². The largest absolute Gasteiger partial charge is 0.343 e. The van der Waals surface area contributed by atoms with Gasteiger partial charge in [-0.1, -0.05) is 35.3 Å². The van der Waals surface area contributed by atoms with Crippen LogP contribution in [0, 0.1) is 0 Å². The van der Waals surface area contributed by atoms with Gasteiger partial charge >= 0.3 is 0 Å². The van der Waals surface area contributed by atoms with Gasteiger partial charge in [-0.15, -0.1) is 0 Å². The Morgan fingerprint density at radius 2 is 1.95 bits per heavy atom. The van der Waals surface area contributed by atoms with Gasteiger partial charge in [0.15, 0.2) is 0 Å². The monoisotopic (exact) mass is 314 g/mol. The molecule has 1 saturated heterocycles. The molecule has 2 amide bonds. The minimum Gasteiger partial charge on any atom is -0.343 e. The minimum absolute atomic E-state index is 0.134. The Bertz CT molecular complexity index is 572. The predicted octanol–water partition coefficient (Wildman–Crippen LogP) is 2.62. The van der Waals surface area contributed by atoms with Crippen molar-refractivity contribution in [2.24, 2.45) is 0 Å². The molecule has 4 nitrogen and oxygen atoms in total. The van der Waals surface area contributed by atoms with Gasteiger partial charge in [0.05, 0.1) is 10.0 Å². The summed E-state index contributed by atoms with van der Waals surface area (Å²) in [5.41, 5.74) is -0.197. The minimum atomic E-state index is -0.921. The second-order valence-corrected chi connectivity index (χ2v) is 6.18. The first-order valence-corrected chi connectivity index (χ1v) is 7.06. The number of carbonyl (C=O) groups is 2. The van der Waals surface area contributed by atoms with Crippen LogP contribution in [0.25, 0.3) is 0 Å². The number of rotatable bonds is 2. The third-order valence-corrected chi connectivity index (χ3v) is 4.43. The van der Waals surface area contributed by atoms with E-state index in [1.165, 1.54) is 4.90 Å². The molecule has 1 fully saturated rings. The smallest absolute Gasteiger partial charge is 0.246 e. The van der Waals surface area contributed by atoms with E-state index in [-0.39, 0.29) is 18.4 Å². The van der Waals surface area contributed by atoms with Gasteiger partial charge in [0.2, 0.25) is 11.8 Å². The van der Waals surface area contributed by atoms with Crippen molar-refractivity contribution in [1.82, 2.24) is 10.2 Å². The summed E-state index contributed by atoms with van der Waals surface area (Å²) in [6.07, 6.45) is 0.